The number of allylic oxidation sites excluding steroid dienone is 3. The maximum Gasteiger partial charge on any atom is 0.248 e. The highest BCUT2D eigenvalue weighted by atomic mass is 32.1. The molecule has 0 aromatic carbocycles. The zero-order chi connectivity index (χ0) is 13.3. The number of carbonyl (C=O) groups excluding carboxylic acids is 1. The predicted molar refractivity (Wildman–Crippen MR) is 77.2 cm³/mol. The summed E-state index contributed by atoms with van der Waals surface area (Å²) >= 11 is 4.22. The molecule has 0 heterocycles. The first-order chi connectivity index (χ1) is 8.02. The summed E-state index contributed by atoms with van der Waals surface area (Å²) in [4.78, 5) is 16.1. The van der Waals surface area contributed by atoms with Crippen LogP contribution in [0.1, 0.15) is 33.6 Å². The van der Waals surface area contributed by atoms with E-state index in [1.54, 1.807) is 25.3 Å². The molecular formula is C13H20N2OS. The van der Waals surface area contributed by atoms with E-state index >= 15 is 0 Å². The lowest BCUT2D eigenvalue weighted by Crippen LogP contribution is -2.12. The monoisotopic (exact) mass is 252 g/mol. The van der Waals surface area contributed by atoms with E-state index < -0.39 is 5.91 Å². The Kier molecular flexibility index (Phi) is 8.15. The van der Waals surface area contributed by atoms with Gasteiger partial charge in [-0.15, -0.1) is 12.6 Å². The van der Waals surface area contributed by atoms with Crippen molar-refractivity contribution in [3.05, 3.63) is 34.4 Å². The normalized spacial score (nSPS) is 14.5. The molecular weight excluding hydrogens is 232 g/mol. The van der Waals surface area contributed by atoms with E-state index in [-0.39, 0.29) is 0 Å². The Hall–Kier alpha value is -1.29. The molecule has 3 nitrogen and oxygen atoms in total. The number of nitrogens with two attached hydrogens (primary N) is 1. The van der Waals surface area contributed by atoms with Gasteiger partial charge in [-0.2, -0.15) is 0 Å². The number of nitrogens with zero attached hydrogens (tertiary/aromatic N) is 1. The molecule has 0 rings (SSSR count). The van der Waals surface area contributed by atoms with E-state index in [1.807, 2.05) is 13.0 Å². The van der Waals surface area contributed by atoms with Crippen molar-refractivity contribution < 1.29 is 4.79 Å². The molecule has 0 fully saturated rings. The minimum Gasteiger partial charge on any atom is -0.366 e. The fraction of sp³-hybridized carbons (Fsp3) is 0.385. The van der Waals surface area contributed by atoms with Gasteiger partial charge in [0.15, 0.2) is 0 Å². The smallest absolute Gasteiger partial charge is 0.248 e. The van der Waals surface area contributed by atoms with Crippen molar-refractivity contribution in [3.63, 3.8) is 0 Å². The average Bonchev–Trinajstić information content (AvgIpc) is 2.26. The first kappa shape index (κ1) is 15.7. The molecule has 0 aliphatic rings. The van der Waals surface area contributed by atoms with Crippen molar-refractivity contribution >= 4 is 24.8 Å². The van der Waals surface area contributed by atoms with Crippen LogP contribution in [0.25, 0.3) is 0 Å². The molecule has 0 aromatic heterocycles. The third-order valence-electron chi connectivity index (χ3n) is 1.97. The molecule has 0 radical (unpaired) electrons. The first-order valence-electron chi connectivity index (χ1n) is 5.59. The molecule has 0 saturated carbocycles. The van der Waals surface area contributed by atoms with Crippen molar-refractivity contribution in [2.45, 2.75) is 33.6 Å². The van der Waals surface area contributed by atoms with E-state index in [4.69, 9.17) is 5.73 Å². The van der Waals surface area contributed by atoms with Crippen LogP contribution < -0.4 is 5.73 Å². The lowest BCUT2D eigenvalue weighted by atomic mass is 10.1. The van der Waals surface area contributed by atoms with E-state index in [2.05, 4.69) is 24.5 Å². The third-order valence-corrected chi connectivity index (χ3v) is 2.20. The molecule has 0 atom stereocenters. The van der Waals surface area contributed by atoms with Crippen LogP contribution >= 0.6 is 12.6 Å². The summed E-state index contributed by atoms with van der Waals surface area (Å²) < 4.78 is 0. The number of unbranched alkanes of at least 4 members (excludes halogenated alkanes) is 1. The summed E-state index contributed by atoms with van der Waals surface area (Å²) in [7, 11) is 0. The van der Waals surface area contributed by atoms with Crippen LogP contribution in [0.2, 0.25) is 0 Å². The zero-order valence-electron chi connectivity index (χ0n) is 10.6. The summed E-state index contributed by atoms with van der Waals surface area (Å²) in [5, 5.41) is 0. The maximum atomic E-state index is 11.3. The van der Waals surface area contributed by atoms with Crippen LogP contribution in [0.5, 0.6) is 0 Å². The Labute approximate surface area is 109 Å². The van der Waals surface area contributed by atoms with Gasteiger partial charge in [0.1, 0.15) is 0 Å². The second-order valence-corrected chi connectivity index (χ2v) is 4.18. The van der Waals surface area contributed by atoms with Gasteiger partial charge in [-0.3, -0.25) is 9.79 Å². The average molecular weight is 252 g/mol. The number of primary amides is 1. The number of aliphatic imine (C=N–C) groups is 1. The Morgan fingerprint density at radius 3 is 2.53 bits per heavy atom. The molecule has 2 N–H and O–H groups in total. The fourth-order valence-electron chi connectivity index (χ4n) is 1.10. The van der Waals surface area contributed by atoms with Crippen LogP contribution in [0.15, 0.2) is 39.4 Å². The van der Waals surface area contributed by atoms with Crippen LogP contribution in [-0.4, -0.2) is 12.1 Å². The molecule has 4 heteroatoms. The van der Waals surface area contributed by atoms with Crippen molar-refractivity contribution in [2.75, 3.05) is 0 Å². The van der Waals surface area contributed by atoms with Gasteiger partial charge in [-0.25, -0.2) is 0 Å². The summed E-state index contributed by atoms with van der Waals surface area (Å²) in [6.45, 7) is 5.69. The molecule has 94 valence electrons. The molecule has 0 unspecified atom stereocenters. The van der Waals surface area contributed by atoms with Gasteiger partial charge in [-0.1, -0.05) is 25.5 Å². The van der Waals surface area contributed by atoms with Crippen molar-refractivity contribution in [1.82, 2.24) is 0 Å². The van der Waals surface area contributed by atoms with Crippen LogP contribution in [0.3, 0.4) is 0 Å². The minimum atomic E-state index is -0.462. The second kappa shape index (κ2) is 8.82. The number of rotatable bonds is 6. The van der Waals surface area contributed by atoms with Gasteiger partial charge < -0.3 is 5.73 Å². The number of amides is 1. The highest BCUT2D eigenvalue weighted by molar-refractivity contribution is 7.84. The predicted octanol–water partition coefficient (Wildman–Crippen LogP) is 3.01. The molecule has 0 spiro atoms. The maximum absolute atomic E-state index is 11.3. The second-order valence-electron chi connectivity index (χ2n) is 3.51. The summed E-state index contributed by atoms with van der Waals surface area (Å²) in [5.74, 6) is -0.462. The Morgan fingerprint density at radius 1 is 1.47 bits per heavy atom. The lowest BCUT2D eigenvalue weighted by Gasteiger charge is -2.00. The number of hydrogen-bond acceptors (Lipinski definition) is 3. The largest absolute Gasteiger partial charge is 0.366 e. The molecule has 0 aromatic rings. The number of carbonyl (C=O) groups is 1. The van der Waals surface area contributed by atoms with Crippen molar-refractivity contribution in [1.29, 1.82) is 0 Å². The molecule has 0 aliphatic carbocycles. The SMILES string of the molecule is C\C=N/C(/C=C(\C=C\CCC)C(N)=O)=C(/C)S. The standard InChI is InChI=1S/C13H20N2OS/c1-4-6-7-8-11(13(14)16)9-12(10(3)17)15-5-2/h5,7-9,17H,4,6H2,1-3H3,(H2,14,16)/b8-7+,11-9+,12-10-,15-5-. The topological polar surface area (TPSA) is 55.4 Å². The third kappa shape index (κ3) is 6.79. The van der Waals surface area contributed by atoms with Crippen molar-refractivity contribution in [2.24, 2.45) is 10.7 Å². The van der Waals surface area contributed by atoms with Gasteiger partial charge in [0.25, 0.3) is 0 Å². The van der Waals surface area contributed by atoms with E-state index in [0.29, 0.717) is 11.3 Å². The van der Waals surface area contributed by atoms with Gasteiger partial charge in [-0.05, 0) is 26.3 Å². The van der Waals surface area contributed by atoms with Crippen LogP contribution in [0.4, 0.5) is 0 Å². The quantitative estimate of drug-likeness (QED) is 0.325. The van der Waals surface area contributed by atoms with Crippen LogP contribution in [0, 0.1) is 0 Å². The number of thiol groups is 1. The molecule has 17 heavy (non-hydrogen) atoms. The summed E-state index contributed by atoms with van der Waals surface area (Å²) in [5.41, 5.74) is 6.39. The minimum absolute atomic E-state index is 0.437. The van der Waals surface area contributed by atoms with E-state index in [0.717, 1.165) is 17.7 Å². The summed E-state index contributed by atoms with van der Waals surface area (Å²) in [6, 6.07) is 0. The number of hydrogen-bond donors (Lipinski definition) is 2. The van der Waals surface area contributed by atoms with Crippen LogP contribution in [-0.2, 0) is 4.79 Å². The van der Waals surface area contributed by atoms with Gasteiger partial charge in [0.2, 0.25) is 5.91 Å². The van der Waals surface area contributed by atoms with Gasteiger partial charge in [0, 0.05) is 16.7 Å². The summed E-state index contributed by atoms with van der Waals surface area (Å²) in [6.07, 6.45) is 8.91. The first-order valence-corrected chi connectivity index (χ1v) is 6.04. The van der Waals surface area contributed by atoms with E-state index in [1.165, 1.54) is 0 Å². The molecule has 0 saturated heterocycles. The van der Waals surface area contributed by atoms with Gasteiger partial charge in [0.05, 0.1) is 5.70 Å². The Balaban J connectivity index is 5.17. The fourth-order valence-corrected chi connectivity index (χ4v) is 1.22. The molecule has 1 amide bonds. The highest BCUT2D eigenvalue weighted by Crippen LogP contribution is 2.14. The van der Waals surface area contributed by atoms with Crippen molar-refractivity contribution in [3.8, 4) is 0 Å². The molecule has 0 bridgehead atoms. The highest BCUT2D eigenvalue weighted by Gasteiger charge is 2.02. The van der Waals surface area contributed by atoms with Gasteiger partial charge >= 0.3 is 0 Å². The lowest BCUT2D eigenvalue weighted by molar-refractivity contribution is -0.114. The Bertz CT molecular complexity index is 375. The van der Waals surface area contributed by atoms with E-state index in [9.17, 15) is 4.79 Å². The Morgan fingerprint density at radius 2 is 2.12 bits per heavy atom. The zero-order valence-corrected chi connectivity index (χ0v) is 11.5. The molecule has 0 aliphatic heterocycles.